The third-order valence-corrected chi connectivity index (χ3v) is 5.89. The molecule has 0 bridgehead atoms. The van der Waals surface area contributed by atoms with Gasteiger partial charge in [0.2, 0.25) is 15.0 Å². The van der Waals surface area contributed by atoms with Crippen LogP contribution in [-0.2, 0) is 16.9 Å². The number of aromatic nitrogens is 7. The number of ether oxygens (including phenoxy) is 1. The summed E-state index contributed by atoms with van der Waals surface area (Å²) in [6.45, 7) is 1.81. The Hall–Kier alpha value is -4.26. The molecule has 11 nitrogen and oxygen atoms in total. The Morgan fingerprint density at radius 1 is 1.06 bits per heavy atom. The molecule has 3 aromatic heterocycles. The molecular formula is C21H17FN8O3S. The van der Waals surface area contributed by atoms with Crippen LogP contribution in [0.2, 0.25) is 0 Å². The maximum atomic E-state index is 14.8. The predicted octanol–water partition coefficient (Wildman–Crippen LogP) is 3.09. The van der Waals surface area contributed by atoms with Crippen LogP contribution in [-0.4, -0.2) is 49.6 Å². The van der Waals surface area contributed by atoms with Gasteiger partial charge in [-0.25, -0.2) is 37.4 Å². The molecule has 3 heterocycles. The number of fused-ring (bicyclic) bond motifs is 2. The molecular weight excluding hydrogens is 463 g/mol. The van der Waals surface area contributed by atoms with Crippen molar-refractivity contribution in [1.29, 1.82) is 0 Å². The van der Waals surface area contributed by atoms with Gasteiger partial charge >= 0.3 is 0 Å². The van der Waals surface area contributed by atoms with Crippen molar-refractivity contribution >= 4 is 43.4 Å². The SMILES string of the molecule is Cc1cc(Nc2ncnc3cnc(S(C)(=O)=O)nc23)ccc1Oc1ccc2c(nnn2C)c1F. The van der Waals surface area contributed by atoms with Crippen molar-refractivity contribution in [2.75, 3.05) is 11.6 Å². The van der Waals surface area contributed by atoms with Gasteiger partial charge in [-0.3, -0.25) is 0 Å². The average Bonchev–Trinajstić information content (AvgIpc) is 3.18. The first-order valence-corrected chi connectivity index (χ1v) is 11.8. The Balaban J connectivity index is 1.45. The molecule has 0 fully saturated rings. The monoisotopic (exact) mass is 480 g/mol. The molecule has 13 heteroatoms. The first kappa shape index (κ1) is 21.6. The van der Waals surface area contributed by atoms with Gasteiger partial charge in [-0.1, -0.05) is 5.21 Å². The van der Waals surface area contributed by atoms with Gasteiger partial charge in [0.1, 0.15) is 23.1 Å². The lowest BCUT2D eigenvalue weighted by Crippen LogP contribution is -2.06. The minimum Gasteiger partial charge on any atom is -0.454 e. The molecule has 0 spiro atoms. The largest absolute Gasteiger partial charge is 0.454 e. The number of rotatable bonds is 5. The van der Waals surface area contributed by atoms with E-state index in [1.807, 2.05) is 0 Å². The summed E-state index contributed by atoms with van der Waals surface area (Å²) in [5.74, 6) is 0.191. The number of aryl methyl sites for hydroxylation is 2. The van der Waals surface area contributed by atoms with Crippen LogP contribution in [0.1, 0.15) is 5.56 Å². The fourth-order valence-electron chi connectivity index (χ4n) is 3.34. The van der Waals surface area contributed by atoms with E-state index in [2.05, 4.69) is 35.6 Å². The van der Waals surface area contributed by atoms with Gasteiger partial charge < -0.3 is 10.1 Å². The van der Waals surface area contributed by atoms with Gasteiger partial charge in [0.25, 0.3) is 0 Å². The molecule has 172 valence electrons. The average molecular weight is 480 g/mol. The molecule has 0 aliphatic rings. The highest BCUT2D eigenvalue weighted by molar-refractivity contribution is 7.90. The number of hydrogen-bond donors (Lipinski definition) is 1. The lowest BCUT2D eigenvalue weighted by atomic mass is 10.2. The second-order valence-corrected chi connectivity index (χ2v) is 9.46. The Kier molecular flexibility index (Phi) is 5.05. The van der Waals surface area contributed by atoms with Crippen LogP contribution in [0.4, 0.5) is 15.9 Å². The van der Waals surface area contributed by atoms with Gasteiger partial charge in [0.15, 0.2) is 22.9 Å². The number of halogens is 1. The van der Waals surface area contributed by atoms with Crippen LogP contribution in [0.15, 0.2) is 48.0 Å². The molecule has 0 aliphatic heterocycles. The number of nitrogens with one attached hydrogen (secondary N) is 1. The van der Waals surface area contributed by atoms with Crippen molar-refractivity contribution in [3.05, 3.63) is 54.2 Å². The van der Waals surface area contributed by atoms with E-state index in [1.165, 1.54) is 23.3 Å². The quantitative estimate of drug-likeness (QED) is 0.373. The minimum absolute atomic E-state index is 0.0311. The third kappa shape index (κ3) is 3.85. The highest BCUT2D eigenvalue weighted by Crippen LogP contribution is 2.32. The van der Waals surface area contributed by atoms with Crippen LogP contribution in [0, 0.1) is 12.7 Å². The second kappa shape index (κ2) is 7.95. The number of anilines is 2. The van der Waals surface area contributed by atoms with Crippen molar-refractivity contribution in [3.63, 3.8) is 0 Å². The molecule has 1 N–H and O–H groups in total. The lowest BCUT2D eigenvalue weighted by molar-refractivity contribution is 0.442. The molecule has 0 saturated heterocycles. The van der Waals surface area contributed by atoms with E-state index in [4.69, 9.17) is 4.74 Å². The fraction of sp³-hybridized carbons (Fsp3) is 0.143. The van der Waals surface area contributed by atoms with E-state index in [-0.39, 0.29) is 21.9 Å². The van der Waals surface area contributed by atoms with E-state index in [0.717, 1.165) is 6.26 Å². The molecule has 34 heavy (non-hydrogen) atoms. The molecule has 0 amide bonds. The van der Waals surface area contributed by atoms with Crippen molar-refractivity contribution in [2.24, 2.45) is 7.05 Å². The molecule has 5 rings (SSSR count). The van der Waals surface area contributed by atoms with Crippen LogP contribution in [0.25, 0.3) is 22.1 Å². The molecule has 0 saturated carbocycles. The van der Waals surface area contributed by atoms with E-state index in [0.29, 0.717) is 33.9 Å². The molecule has 5 aromatic rings. The standard InChI is InChI=1S/C21H17FN8O3S/c1-11-8-12(26-20-18-13(24-10-25-20)9-23-21(27-18)34(3,31)32)4-6-15(11)33-16-7-5-14-19(17(16)22)28-29-30(14)2/h4-10H,1-3H3,(H,24,25,26). The molecule has 2 aromatic carbocycles. The smallest absolute Gasteiger partial charge is 0.247 e. The summed E-state index contributed by atoms with van der Waals surface area (Å²) in [4.78, 5) is 16.2. The third-order valence-electron chi connectivity index (χ3n) is 5.03. The summed E-state index contributed by atoms with van der Waals surface area (Å²) < 4.78 is 45.8. The number of sulfone groups is 1. The highest BCUT2D eigenvalue weighted by atomic mass is 32.2. The van der Waals surface area contributed by atoms with Crippen LogP contribution < -0.4 is 10.1 Å². The topological polar surface area (TPSA) is 138 Å². The Bertz CT molecular complexity index is 1690. The zero-order chi connectivity index (χ0) is 24.0. The van der Waals surface area contributed by atoms with E-state index < -0.39 is 15.7 Å². The van der Waals surface area contributed by atoms with Crippen molar-refractivity contribution < 1.29 is 17.5 Å². The summed E-state index contributed by atoms with van der Waals surface area (Å²) in [5, 5.41) is 10.5. The minimum atomic E-state index is -3.60. The lowest BCUT2D eigenvalue weighted by Gasteiger charge is -2.13. The number of nitrogens with zero attached hydrogens (tertiary/aromatic N) is 7. The van der Waals surface area contributed by atoms with Crippen LogP contribution in [0.5, 0.6) is 11.5 Å². The first-order chi connectivity index (χ1) is 16.2. The Morgan fingerprint density at radius 2 is 1.85 bits per heavy atom. The van der Waals surface area contributed by atoms with Gasteiger partial charge in [-0.05, 0) is 42.8 Å². The molecule has 0 atom stereocenters. The predicted molar refractivity (Wildman–Crippen MR) is 121 cm³/mol. The van der Waals surface area contributed by atoms with Crippen LogP contribution >= 0.6 is 0 Å². The Morgan fingerprint density at radius 3 is 2.62 bits per heavy atom. The van der Waals surface area contributed by atoms with E-state index >= 15 is 0 Å². The number of hydrogen-bond acceptors (Lipinski definition) is 10. The van der Waals surface area contributed by atoms with Crippen molar-refractivity contribution in [1.82, 2.24) is 34.9 Å². The van der Waals surface area contributed by atoms with Gasteiger partial charge in [0.05, 0.1) is 11.7 Å². The van der Waals surface area contributed by atoms with Crippen molar-refractivity contribution in [2.45, 2.75) is 12.1 Å². The molecule has 0 unspecified atom stereocenters. The summed E-state index contributed by atoms with van der Waals surface area (Å²) in [6.07, 6.45) is 3.68. The van der Waals surface area contributed by atoms with Gasteiger partial charge in [-0.15, -0.1) is 5.10 Å². The fourth-order valence-corrected chi connectivity index (χ4v) is 3.84. The first-order valence-electron chi connectivity index (χ1n) is 9.92. The van der Waals surface area contributed by atoms with Gasteiger partial charge in [0, 0.05) is 19.0 Å². The second-order valence-electron chi connectivity index (χ2n) is 7.55. The molecule has 0 radical (unpaired) electrons. The molecule has 0 aliphatic carbocycles. The summed E-state index contributed by atoms with van der Waals surface area (Å²) in [7, 11) is -1.92. The normalized spacial score (nSPS) is 11.8. The van der Waals surface area contributed by atoms with Crippen molar-refractivity contribution in [3.8, 4) is 11.5 Å². The van der Waals surface area contributed by atoms with Gasteiger partial charge in [-0.2, -0.15) is 0 Å². The highest BCUT2D eigenvalue weighted by Gasteiger charge is 2.17. The summed E-state index contributed by atoms with van der Waals surface area (Å²) in [5.41, 5.74) is 2.68. The zero-order valence-corrected chi connectivity index (χ0v) is 19.0. The Labute approximate surface area is 192 Å². The zero-order valence-electron chi connectivity index (χ0n) is 18.2. The maximum Gasteiger partial charge on any atom is 0.247 e. The summed E-state index contributed by atoms with van der Waals surface area (Å²) in [6, 6.07) is 8.39. The van der Waals surface area contributed by atoms with E-state index in [9.17, 15) is 12.8 Å². The van der Waals surface area contributed by atoms with E-state index in [1.54, 1.807) is 38.2 Å². The van der Waals surface area contributed by atoms with Crippen LogP contribution in [0.3, 0.4) is 0 Å². The summed E-state index contributed by atoms with van der Waals surface area (Å²) >= 11 is 0. The maximum absolute atomic E-state index is 14.8. The number of benzene rings is 2.